The van der Waals surface area contributed by atoms with Crippen molar-refractivity contribution in [2.24, 2.45) is 34.6 Å². The van der Waals surface area contributed by atoms with Crippen LogP contribution in [0.5, 0.6) is 0 Å². The van der Waals surface area contributed by atoms with Crippen molar-refractivity contribution in [2.75, 3.05) is 63.0 Å². The van der Waals surface area contributed by atoms with Crippen LogP contribution in [0.25, 0.3) is 0 Å². The minimum absolute atomic E-state index is 0.462. The van der Waals surface area contributed by atoms with Crippen LogP contribution in [0.15, 0.2) is 81.4 Å². The number of imidazole rings is 1. The highest BCUT2D eigenvalue weighted by Crippen LogP contribution is 2.23. The fourth-order valence-corrected chi connectivity index (χ4v) is 5.46. The summed E-state index contributed by atoms with van der Waals surface area (Å²) < 4.78 is 15.2. The standard InChI is InChI=1S/C28H36N10S2.C2H6.CH3F/c1-6-18-36(3)27(29-2)34-32-25-12-10-24(11-13-25)31-17-22-40-39-21-7-16-30-23-8-14-26(15-9-23)33-35-28-37(4)19-20-38(28)5;2*1-2/h1,8-15,19-20H,7,16-18,21-22H2,2-5H3,(H,29,31,34);1-2H3;1H3/p+2. The quantitative estimate of drug-likeness (QED) is 0.0331. The van der Waals surface area contributed by atoms with Gasteiger partial charge in [-0.15, -0.1) is 6.42 Å². The molecule has 0 saturated heterocycles. The summed E-state index contributed by atoms with van der Waals surface area (Å²) in [6.45, 7) is 6.30. The van der Waals surface area contributed by atoms with E-state index in [1.54, 1.807) is 7.05 Å². The van der Waals surface area contributed by atoms with Crippen molar-refractivity contribution in [1.82, 2.24) is 9.88 Å². The van der Waals surface area contributed by atoms with E-state index in [1.165, 1.54) is 0 Å². The van der Waals surface area contributed by atoms with Gasteiger partial charge in [0.1, 0.15) is 17.9 Å². The van der Waals surface area contributed by atoms with Crippen molar-refractivity contribution in [3.8, 4) is 12.3 Å². The van der Waals surface area contributed by atoms with Crippen LogP contribution in [-0.4, -0.2) is 67.5 Å². The lowest BCUT2D eigenvalue weighted by Crippen LogP contribution is -2.27. The predicted octanol–water partition coefficient (Wildman–Crippen LogP) is 7.11. The summed E-state index contributed by atoms with van der Waals surface area (Å²) in [4.78, 5) is 0. The van der Waals surface area contributed by atoms with Gasteiger partial charge in [-0.05, 0) is 55.0 Å². The predicted molar refractivity (Wildman–Crippen MR) is 187 cm³/mol. The molecule has 0 fully saturated rings. The van der Waals surface area contributed by atoms with Crippen LogP contribution in [-0.2, 0) is 14.1 Å². The smallest absolute Gasteiger partial charge is 0.385 e. The topological polar surface area (TPSA) is 97.3 Å². The molecule has 238 valence electrons. The monoisotopic (exact) mass is 642 g/mol. The maximum absolute atomic E-state index is 9.50. The fraction of sp³-hybridized carbons (Fsp3) is 0.419. The van der Waals surface area contributed by atoms with Gasteiger partial charge in [0.2, 0.25) is 0 Å². The Hall–Kier alpha value is -3.89. The Morgan fingerprint density at radius 2 is 1.50 bits per heavy atom. The molecule has 0 aliphatic heterocycles. The Labute approximate surface area is 270 Å². The number of benzene rings is 2. The zero-order valence-electron chi connectivity index (χ0n) is 26.9. The lowest BCUT2D eigenvalue weighted by Gasteiger charge is -2.07. The van der Waals surface area contributed by atoms with E-state index < -0.39 is 0 Å². The number of rotatable bonds is 14. The lowest BCUT2D eigenvalue weighted by atomic mass is 10.3. The summed E-state index contributed by atoms with van der Waals surface area (Å²) in [6, 6.07) is 15.9. The first-order valence-electron chi connectivity index (χ1n) is 14.3. The fourth-order valence-electron chi connectivity index (χ4n) is 3.47. The molecule has 0 aliphatic rings. The third kappa shape index (κ3) is 14.5. The lowest BCUT2D eigenvalue weighted by molar-refractivity contribution is -0.657. The van der Waals surface area contributed by atoms with Crippen LogP contribution in [0.4, 0.5) is 33.1 Å². The molecule has 44 heavy (non-hydrogen) atoms. The molecule has 1 aromatic heterocycles. The number of azo groups is 2. The zero-order valence-corrected chi connectivity index (χ0v) is 28.6. The highest BCUT2D eigenvalue weighted by atomic mass is 33.1. The van der Waals surface area contributed by atoms with Crippen molar-refractivity contribution >= 4 is 56.2 Å². The van der Waals surface area contributed by atoms with Gasteiger partial charge in [-0.2, -0.15) is 0 Å². The molecule has 10 nitrogen and oxygen atoms in total. The number of guanidine groups is 1. The molecule has 3 rings (SSSR count). The number of anilines is 2. The molecule has 2 aromatic carbocycles. The summed E-state index contributed by atoms with van der Waals surface area (Å²) >= 11 is 0. The minimum Gasteiger partial charge on any atom is -0.385 e. The first-order valence-corrected chi connectivity index (χ1v) is 16.8. The molecule has 0 radical (unpaired) electrons. The number of nitrogens with zero attached hydrogens (tertiary/aromatic N) is 7. The third-order valence-electron chi connectivity index (χ3n) is 5.64. The SMILES string of the molecule is C#CC[N+](C)=C(N=Nc1ccc(NCCSSCCCNc2ccc(N=Nc3n(C)cc[n+]3C)cc2)cc1)NC.CC.CF. The summed E-state index contributed by atoms with van der Waals surface area (Å²) in [6.07, 6.45) is 10.4. The number of aryl methyl sites for hydroxylation is 2. The van der Waals surface area contributed by atoms with E-state index in [1.807, 2.05) is 131 Å². The average Bonchev–Trinajstić information content (AvgIpc) is 3.38. The second kappa shape index (κ2) is 23.6. The Morgan fingerprint density at radius 3 is 2.05 bits per heavy atom. The van der Waals surface area contributed by atoms with Gasteiger partial charge in [-0.25, -0.2) is 9.13 Å². The molecule has 0 aliphatic carbocycles. The molecule has 0 amide bonds. The van der Waals surface area contributed by atoms with Gasteiger partial charge in [-0.1, -0.05) is 51.6 Å². The van der Waals surface area contributed by atoms with Gasteiger partial charge in [-0.3, -0.25) is 14.3 Å². The van der Waals surface area contributed by atoms with Crippen molar-refractivity contribution < 1.29 is 13.5 Å². The summed E-state index contributed by atoms with van der Waals surface area (Å²) in [7, 11) is 11.9. The molecule has 3 aromatic rings. The van der Waals surface area contributed by atoms with E-state index in [4.69, 9.17) is 6.42 Å². The van der Waals surface area contributed by atoms with Gasteiger partial charge in [0.05, 0.1) is 47.8 Å². The Morgan fingerprint density at radius 1 is 0.932 bits per heavy atom. The molecule has 1 heterocycles. The number of hydrogen-bond acceptors (Lipinski definition) is 7. The normalized spacial score (nSPS) is 11.2. The van der Waals surface area contributed by atoms with E-state index in [-0.39, 0.29) is 0 Å². The van der Waals surface area contributed by atoms with Crippen LogP contribution >= 0.6 is 21.6 Å². The minimum atomic E-state index is 0.462. The Balaban J connectivity index is 0.00000232. The zero-order chi connectivity index (χ0) is 32.6. The number of hydrogen-bond donors (Lipinski definition) is 3. The van der Waals surface area contributed by atoms with Crippen LogP contribution in [0.1, 0.15) is 20.3 Å². The summed E-state index contributed by atoms with van der Waals surface area (Å²) in [5.41, 5.74) is 3.77. The van der Waals surface area contributed by atoms with Crippen LogP contribution in [0.2, 0.25) is 0 Å². The van der Waals surface area contributed by atoms with Crippen molar-refractivity contribution in [3.63, 3.8) is 0 Å². The van der Waals surface area contributed by atoms with E-state index in [2.05, 4.69) is 42.3 Å². The van der Waals surface area contributed by atoms with E-state index in [9.17, 15) is 4.39 Å². The van der Waals surface area contributed by atoms with Crippen molar-refractivity contribution in [2.45, 2.75) is 20.3 Å². The molecule has 0 spiro atoms. The number of halogens is 1. The second-order valence-corrected chi connectivity index (χ2v) is 11.5. The van der Waals surface area contributed by atoms with Crippen LogP contribution < -0.4 is 20.5 Å². The van der Waals surface area contributed by atoms with Gasteiger partial charge in [0.15, 0.2) is 0 Å². The molecule has 13 heteroatoms. The average molecular weight is 643 g/mol. The maximum Gasteiger partial charge on any atom is 0.421 e. The van der Waals surface area contributed by atoms with E-state index in [0.717, 1.165) is 59.7 Å². The highest BCUT2D eigenvalue weighted by molar-refractivity contribution is 8.76. The van der Waals surface area contributed by atoms with Crippen molar-refractivity contribution in [3.05, 3.63) is 60.9 Å². The molecular weight excluding hydrogens is 596 g/mol. The number of aromatic nitrogens is 2. The van der Waals surface area contributed by atoms with Gasteiger partial charge >= 0.3 is 11.9 Å². The maximum atomic E-state index is 9.50. The summed E-state index contributed by atoms with van der Waals surface area (Å²) in [5.74, 6) is 6.13. The third-order valence-corrected chi connectivity index (χ3v) is 8.13. The number of terminal acetylenes is 1. The van der Waals surface area contributed by atoms with Gasteiger partial charge in [0, 0.05) is 46.2 Å². The first kappa shape index (κ1) is 38.1. The molecule has 0 atom stereocenters. The largest absolute Gasteiger partial charge is 0.421 e. The Kier molecular flexibility index (Phi) is 20.4. The molecule has 3 N–H and O–H groups in total. The molecular formula is C31H47FN10S2+2. The first-order chi connectivity index (χ1) is 21.5. The number of nitrogens with one attached hydrogen (secondary N) is 3. The second-order valence-electron chi connectivity index (χ2n) is 8.80. The molecule has 0 unspecified atom stereocenters. The molecule has 0 saturated carbocycles. The number of alkyl halides is 1. The van der Waals surface area contributed by atoms with Gasteiger partial charge < -0.3 is 10.6 Å². The Bertz CT molecular complexity index is 1310. The van der Waals surface area contributed by atoms with Crippen molar-refractivity contribution in [1.29, 1.82) is 0 Å². The van der Waals surface area contributed by atoms with Crippen LogP contribution in [0.3, 0.4) is 0 Å². The summed E-state index contributed by atoms with van der Waals surface area (Å²) in [5, 5.41) is 27.1. The van der Waals surface area contributed by atoms with Gasteiger partial charge in [0.25, 0.3) is 0 Å². The molecule has 0 bridgehead atoms. The van der Waals surface area contributed by atoms with Crippen LogP contribution in [0, 0.1) is 12.3 Å². The van der Waals surface area contributed by atoms with E-state index >= 15 is 0 Å². The highest BCUT2D eigenvalue weighted by Gasteiger charge is 2.10. The van der Waals surface area contributed by atoms with E-state index in [0.29, 0.717) is 19.7 Å².